The molecule has 3 rings (SSSR count). The van der Waals surface area contributed by atoms with Crippen molar-refractivity contribution in [3.8, 4) is 5.75 Å². The Labute approximate surface area is 120 Å². The third-order valence-corrected chi connectivity index (χ3v) is 4.77. The van der Waals surface area contributed by atoms with Crippen molar-refractivity contribution in [2.75, 3.05) is 0 Å². The number of benzene rings is 1. The topological polar surface area (TPSA) is 35.2 Å². The third-order valence-electron chi connectivity index (χ3n) is 4.54. The second kappa shape index (κ2) is 4.68. The minimum atomic E-state index is -0.0582. The number of rotatable bonds is 0. The zero-order valence-corrected chi connectivity index (χ0v) is 12.4. The first-order valence-electron chi connectivity index (χ1n) is 7.21. The summed E-state index contributed by atoms with van der Waals surface area (Å²) in [5, 5.41) is 0.735. The Morgan fingerprint density at radius 1 is 1.21 bits per heavy atom. The Bertz CT molecular complexity index is 478. The molecular weight excluding hydrogens is 258 g/mol. The van der Waals surface area contributed by atoms with Gasteiger partial charge in [0, 0.05) is 23.0 Å². The Kier molecular flexibility index (Phi) is 3.26. The van der Waals surface area contributed by atoms with E-state index in [1.54, 1.807) is 0 Å². The molecule has 0 saturated heterocycles. The number of hydrogen-bond acceptors (Lipinski definition) is 2. The van der Waals surface area contributed by atoms with Crippen LogP contribution in [0, 0.1) is 11.8 Å². The van der Waals surface area contributed by atoms with Gasteiger partial charge in [0.2, 0.25) is 0 Å². The summed E-state index contributed by atoms with van der Waals surface area (Å²) in [5.41, 5.74) is 7.37. The normalized spacial score (nSPS) is 37.8. The molecule has 0 bridgehead atoms. The summed E-state index contributed by atoms with van der Waals surface area (Å²) in [7, 11) is 0. The van der Waals surface area contributed by atoms with E-state index >= 15 is 0 Å². The Morgan fingerprint density at radius 3 is 2.58 bits per heavy atom. The molecule has 1 aromatic carbocycles. The van der Waals surface area contributed by atoms with Gasteiger partial charge in [-0.15, -0.1) is 0 Å². The highest BCUT2D eigenvalue weighted by Gasteiger charge is 2.44. The van der Waals surface area contributed by atoms with E-state index in [2.05, 4.69) is 13.8 Å². The molecule has 1 fully saturated rings. The van der Waals surface area contributed by atoms with E-state index in [0.717, 1.165) is 35.6 Å². The van der Waals surface area contributed by atoms with Gasteiger partial charge in [-0.1, -0.05) is 25.4 Å². The predicted molar refractivity (Wildman–Crippen MR) is 78.5 cm³/mol. The van der Waals surface area contributed by atoms with Crippen molar-refractivity contribution < 1.29 is 4.74 Å². The van der Waals surface area contributed by atoms with Crippen molar-refractivity contribution in [1.82, 2.24) is 0 Å². The molecule has 2 nitrogen and oxygen atoms in total. The minimum absolute atomic E-state index is 0.0416. The van der Waals surface area contributed by atoms with Crippen LogP contribution in [0.1, 0.15) is 51.1 Å². The summed E-state index contributed by atoms with van der Waals surface area (Å²) in [6.45, 7) is 4.65. The molecule has 3 heteroatoms. The lowest BCUT2D eigenvalue weighted by Crippen LogP contribution is -2.48. The molecule has 2 N–H and O–H groups in total. The summed E-state index contributed by atoms with van der Waals surface area (Å²) in [6.07, 6.45) is 4.45. The molecule has 1 saturated carbocycles. The fourth-order valence-corrected chi connectivity index (χ4v) is 4.33. The van der Waals surface area contributed by atoms with Gasteiger partial charge in [0.05, 0.1) is 0 Å². The number of halogens is 1. The molecule has 2 unspecified atom stereocenters. The van der Waals surface area contributed by atoms with Gasteiger partial charge in [-0.2, -0.15) is 0 Å². The molecule has 1 aromatic rings. The first-order valence-corrected chi connectivity index (χ1v) is 7.59. The average molecular weight is 280 g/mol. The highest BCUT2D eigenvalue weighted by Crippen LogP contribution is 2.48. The lowest BCUT2D eigenvalue weighted by molar-refractivity contribution is -0.0311. The quantitative estimate of drug-likeness (QED) is 0.768. The third kappa shape index (κ3) is 2.48. The van der Waals surface area contributed by atoms with Gasteiger partial charge in [-0.05, 0) is 49.3 Å². The number of ether oxygens (including phenoxy) is 1. The SMILES string of the molecule is CC1CC(C)CC2(C1)C[C@H](N)c1cc(Cl)ccc1O2. The van der Waals surface area contributed by atoms with Crippen LogP contribution >= 0.6 is 11.6 Å². The molecule has 0 amide bonds. The molecule has 3 atom stereocenters. The highest BCUT2D eigenvalue weighted by molar-refractivity contribution is 6.30. The van der Waals surface area contributed by atoms with Gasteiger partial charge in [0.25, 0.3) is 0 Å². The largest absolute Gasteiger partial charge is 0.487 e. The first-order chi connectivity index (χ1) is 8.97. The Morgan fingerprint density at radius 2 is 1.89 bits per heavy atom. The summed E-state index contributed by atoms with van der Waals surface area (Å²) < 4.78 is 6.39. The van der Waals surface area contributed by atoms with Crippen LogP contribution in [0.2, 0.25) is 5.02 Å². The maximum atomic E-state index is 6.39. The van der Waals surface area contributed by atoms with Gasteiger partial charge in [0.15, 0.2) is 0 Å². The van der Waals surface area contributed by atoms with Gasteiger partial charge in [-0.3, -0.25) is 0 Å². The number of hydrogen-bond donors (Lipinski definition) is 1. The van der Waals surface area contributed by atoms with E-state index in [4.69, 9.17) is 22.1 Å². The molecule has 1 heterocycles. The Balaban J connectivity index is 1.94. The van der Waals surface area contributed by atoms with Crippen LogP contribution in [0.5, 0.6) is 5.75 Å². The summed E-state index contributed by atoms with van der Waals surface area (Å²) in [4.78, 5) is 0. The van der Waals surface area contributed by atoms with Crippen LogP contribution in [-0.4, -0.2) is 5.60 Å². The molecule has 2 aliphatic rings. The average Bonchev–Trinajstić information content (AvgIpc) is 2.28. The van der Waals surface area contributed by atoms with E-state index < -0.39 is 0 Å². The van der Waals surface area contributed by atoms with Crippen molar-refractivity contribution in [2.45, 2.75) is 51.2 Å². The standard InChI is InChI=1S/C16H22ClNO/c1-10-5-11(2)8-16(7-10)9-14(18)13-6-12(17)3-4-15(13)19-16/h3-4,6,10-11,14H,5,7-9,18H2,1-2H3/t10?,11?,14-,16?/m0/s1. The van der Waals surface area contributed by atoms with E-state index in [9.17, 15) is 0 Å². The van der Waals surface area contributed by atoms with Crippen LogP contribution in [0.15, 0.2) is 18.2 Å². The molecule has 104 valence electrons. The lowest BCUT2D eigenvalue weighted by atomic mass is 9.69. The smallest absolute Gasteiger partial charge is 0.125 e. The van der Waals surface area contributed by atoms with Crippen molar-refractivity contribution in [3.63, 3.8) is 0 Å². The molecule has 19 heavy (non-hydrogen) atoms. The molecule has 0 radical (unpaired) electrons. The zero-order valence-electron chi connectivity index (χ0n) is 11.7. The van der Waals surface area contributed by atoms with Crippen LogP contribution in [0.4, 0.5) is 0 Å². The molecule has 1 aliphatic carbocycles. The van der Waals surface area contributed by atoms with E-state index in [1.807, 2.05) is 18.2 Å². The zero-order chi connectivity index (χ0) is 13.6. The molecule has 1 aliphatic heterocycles. The van der Waals surface area contributed by atoms with Crippen LogP contribution in [0.25, 0.3) is 0 Å². The number of nitrogens with two attached hydrogens (primary N) is 1. The van der Waals surface area contributed by atoms with Gasteiger partial charge < -0.3 is 10.5 Å². The summed E-state index contributed by atoms with van der Waals surface area (Å²) >= 11 is 6.05. The van der Waals surface area contributed by atoms with Gasteiger partial charge in [-0.25, -0.2) is 0 Å². The lowest BCUT2D eigenvalue weighted by Gasteiger charge is -2.47. The van der Waals surface area contributed by atoms with Crippen molar-refractivity contribution >= 4 is 11.6 Å². The summed E-state index contributed by atoms with van der Waals surface area (Å²) in [5.74, 6) is 2.36. The fraction of sp³-hybridized carbons (Fsp3) is 0.625. The van der Waals surface area contributed by atoms with Crippen LogP contribution in [-0.2, 0) is 0 Å². The summed E-state index contributed by atoms with van der Waals surface area (Å²) in [6, 6.07) is 5.86. The van der Waals surface area contributed by atoms with E-state index in [-0.39, 0.29) is 11.6 Å². The van der Waals surface area contributed by atoms with E-state index in [0.29, 0.717) is 11.8 Å². The maximum absolute atomic E-state index is 6.39. The van der Waals surface area contributed by atoms with Crippen molar-refractivity contribution in [3.05, 3.63) is 28.8 Å². The van der Waals surface area contributed by atoms with Crippen molar-refractivity contribution in [1.29, 1.82) is 0 Å². The second-order valence-electron chi connectivity index (χ2n) is 6.63. The first kappa shape index (κ1) is 13.3. The molecule has 1 spiro atoms. The number of fused-ring (bicyclic) bond motifs is 1. The van der Waals surface area contributed by atoms with Crippen molar-refractivity contribution in [2.24, 2.45) is 17.6 Å². The van der Waals surface area contributed by atoms with Crippen LogP contribution in [0.3, 0.4) is 0 Å². The Hall–Kier alpha value is -0.730. The maximum Gasteiger partial charge on any atom is 0.125 e. The highest BCUT2D eigenvalue weighted by atomic mass is 35.5. The van der Waals surface area contributed by atoms with Crippen LogP contribution < -0.4 is 10.5 Å². The molecule has 0 aromatic heterocycles. The van der Waals surface area contributed by atoms with Gasteiger partial charge >= 0.3 is 0 Å². The monoisotopic (exact) mass is 279 g/mol. The fourth-order valence-electron chi connectivity index (χ4n) is 4.14. The minimum Gasteiger partial charge on any atom is -0.487 e. The second-order valence-corrected chi connectivity index (χ2v) is 7.07. The molecular formula is C16H22ClNO. The predicted octanol–water partition coefficient (Wildman–Crippen LogP) is 4.32. The van der Waals surface area contributed by atoms with Gasteiger partial charge in [0.1, 0.15) is 11.4 Å². The van der Waals surface area contributed by atoms with E-state index in [1.165, 1.54) is 6.42 Å².